The van der Waals surface area contributed by atoms with E-state index in [1.807, 2.05) is 55.5 Å². The molecule has 0 atom stereocenters. The van der Waals surface area contributed by atoms with Gasteiger partial charge in [0.25, 0.3) is 0 Å². The average Bonchev–Trinajstić information content (AvgIpc) is 3.25. The van der Waals surface area contributed by atoms with Crippen molar-refractivity contribution < 1.29 is 14.6 Å². The standard InChI is InChI=1S/C25H22ClNO3/c1-16-13-24(30-15-17-7-3-2-4-8-17)20(14-21(16)26)18-9-5-10-19(18)22-11-6-12-23(27-22)25(28)29/h2-4,6-8,11-14H,5,9-10,15H2,1H3,(H,28,29). The fourth-order valence-electron chi connectivity index (χ4n) is 3.79. The van der Waals surface area contributed by atoms with Crippen LogP contribution in [0.4, 0.5) is 0 Å². The summed E-state index contributed by atoms with van der Waals surface area (Å²) in [5.41, 5.74) is 5.93. The molecule has 0 amide bonds. The summed E-state index contributed by atoms with van der Waals surface area (Å²) in [5, 5.41) is 9.99. The number of carbonyl (C=O) groups is 1. The third kappa shape index (κ3) is 4.24. The molecule has 0 fully saturated rings. The maximum atomic E-state index is 11.4. The van der Waals surface area contributed by atoms with Crippen LogP contribution >= 0.6 is 11.6 Å². The molecule has 1 heterocycles. The van der Waals surface area contributed by atoms with Crippen LogP contribution in [0, 0.1) is 6.92 Å². The minimum atomic E-state index is -1.03. The van der Waals surface area contributed by atoms with Crippen LogP contribution in [-0.4, -0.2) is 16.1 Å². The van der Waals surface area contributed by atoms with Crippen molar-refractivity contribution in [2.24, 2.45) is 0 Å². The number of hydrogen-bond acceptors (Lipinski definition) is 3. The molecule has 1 aliphatic rings. The Morgan fingerprint density at radius 1 is 1.07 bits per heavy atom. The van der Waals surface area contributed by atoms with Crippen molar-refractivity contribution in [2.75, 3.05) is 0 Å². The Bertz CT molecular complexity index is 1120. The number of halogens is 1. The van der Waals surface area contributed by atoms with E-state index in [0.29, 0.717) is 17.3 Å². The average molecular weight is 420 g/mol. The minimum Gasteiger partial charge on any atom is -0.488 e. The van der Waals surface area contributed by atoms with Gasteiger partial charge in [0.05, 0.1) is 5.69 Å². The second-order valence-corrected chi connectivity index (χ2v) is 7.80. The molecule has 2 aromatic carbocycles. The van der Waals surface area contributed by atoms with Gasteiger partial charge in [-0.25, -0.2) is 9.78 Å². The monoisotopic (exact) mass is 419 g/mol. The summed E-state index contributed by atoms with van der Waals surface area (Å²) in [5.74, 6) is -0.244. The second kappa shape index (κ2) is 8.72. The number of aromatic carboxylic acids is 1. The number of nitrogens with zero attached hydrogens (tertiary/aromatic N) is 1. The van der Waals surface area contributed by atoms with Gasteiger partial charge >= 0.3 is 5.97 Å². The summed E-state index contributed by atoms with van der Waals surface area (Å²) in [6.07, 6.45) is 2.69. The number of allylic oxidation sites excluding steroid dienone is 2. The fourth-order valence-corrected chi connectivity index (χ4v) is 3.95. The molecule has 0 spiro atoms. The molecule has 4 rings (SSSR count). The van der Waals surface area contributed by atoms with Gasteiger partial charge in [0, 0.05) is 10.6 Å². The van der Waals surface area contributed by atoms with E-state index in [4.69, 9.17) is 16.3 Å². The Hall–Kier alpha value is -3.11. The normalized spacial score (nSPS) is 13.5. The molecule has 152 valence electrons. The molecule has 1 aromatic heterocycles. The molecule has 5 heteroatoms. The van der Waals surface area contributed by atoms with Crippen molar-refractivity contribution in [3.63, 3.8) is 0 Å². The van der Waals surface area contributed by atoms with Crippen LogP contribution < -0.4 is 4.74 Å². The van der Waals surface area contributed by atoms with E-state index >= 15 is 0 Å². The first-order chi connectivity index (χ1) is 14.5. The van der Waals surface area contributed by atoms with Crippen LogP contribution in [0.15, 0.2) is 60.7 Å². The van der Waals surface area contributed by atoms with E-state index in [1.165, 1.54) is 6.07 Å². The molecule has 4 nitrogen and oxygen atoms in total. The molecule has 30 heavy (non-hydrogen) atoms. The number of ether oxygens (including phenoxy) is 1. The van der Waals surface area contributed by atoms with E-state index in [0.717, 1.165) is 52.8 Å². The van der Waals surface area contributed by atoms with Crippen LogP contribution in [0.5, 0.6) is 5.75 Å². The molecule has 0 saturated carbocycles. The molecule has 1 N–H and O–H groups in total. The van der Waals surface area contributed by atoms with Crippen LogP contribution in [0.1, 0.15) is 52.1 Å². The van der Waals surface area contributed by atoms with Crippen molar-refractivity contribution in [2.45, 2.75) is 32.8 Å². The molecule has 3 aromatic rings. The van der Waals surface area contributed by atoms with Crippen LogP contribution in [0.2, 0.25) is 5.02 Å². The lowest BCUT2D eigenvalue weighted by atomic mass is 9.97. The molecular formula is C25H22ClNO3. The van der Waals surface area contributed by atoms with Crippen molar-refractivity contribution in [1.29, 1.82) is 0 Å². The third-order valence-electron chi connectivity index (χ3n) is 5.32. The van der Waals surface area contributed by atoms with Gasteiger partial charge in [-0.15, -0.1) is 0 Å². The number of carboxylic acids is 1. The maximum absolute atomic E-state index is 11.4. The number of pyridine rings is 1. The van der Waals surface area contributed by atoms with Gasteiger partial charge in [-0.1, -0.05) is 48.0 Å². The highest BCUT2D eigenvalue weighted by atomic mass is 35.5. The lowest BCUT2D eigenvalue weighted by Gasteiger charge is -2.16. The van der Waals surface area contributed by atoms with E-state index in [2.05, 4.69) is 4.98 Å². The predicted molar refractivity (Wildman–Crippen MR) is 119 cm³/mol. The van der Waals surface area contributed by atoms with Gasteiger partial charge in [0.1, 0.15) is 18.1 Å². The number of aromatic nitrogens is 1. The van der Waals surface area contributed by atoms with Gasteiger partial charge < -0.3 is 9.84 Å². The lowest BCUT2D eigenvalue weighted by Crippen LogP contribution is -2.03. The zero-order chi connectivity index (χ0) is 21.1. The molecule has 1 aliphatic carbocycles. The maximum Gasteiger partial charge on any atom is 0.354 e. The topological polar surface area (TPSA) is 59.4 Å². The zero-order valence-corrected chi connectivity index (χ0v) is 17.4. The molecule has 0 bridgehead atoms. The quantitative estimate of drug-likeness (QED) is 0.501. The number of hydrogen-bond donors (Lipinski definition) is 1. The van der Waals surface area contributed by atoms with E-state index in [9.17, 15) is 9.90 Å². The van der Waals surface area contributed by atoms with Crippen molar-refractivity contribution in [1.82, 2.24) is 4.98 Å². The Balaban J connectivity index is 1.76. The van der Waals surface area contributed by atoms with Crippen molar-refractivity contribution in [3.05, 3.63) is 93.8 Å². The van der Waals surface area contributed by atoms with E-state index in [-0.39, 0.29) is 5.69 Å². The van der Waals surface area contributed by atoms with Crippen LogP contribution in [0.25, 0.3) is 11.1 Å². The molecule has 0 radical (unpaired) electrons. The summed E-state index contributed by atoms with van der Waals surface area (Å²) in [6.45, 7) is 2.42. The largest absolute Gasteiger partial charge is 0.488 e. The first kappa shape index (κ1) is 20.2. The summed E-state index contributed by atoms with van der Waals surface area (Å²) >= 11 is 6.47. The Labute approximate surface area is 180 Å². The Kier molecular flexibility index (Phi) is 5.86. The first-order valence-corrected chi connectivity index (χ1v) is 10.3. The van der Waals surface area contributed by atoms with Crippen LogP contribution in [-0.2, 0) is 6.61 Å². The lowest BCUT2D eigenvalue weighted by molar-refractivity contribution is 0.0690. The second-order valence-electron chi connectivity index (χ2n) is 7.40. The van der Waals surface area contributed by atoms with Gasteiger partial charge in [0.15, 0.2) is 0 Å². The van der Waals surface area contributed by atoms with E-state index < -0.39 is 5.97 Å². The Morgan fingerprint density at radius 2 is 1.83 bits per heavy atom. The zero-order valence-electron chi connectivity index (χ0n) is 16.7. The van der Waals surface area contributed by atoms with Gasteiger partial charge in [-0.05, 0) is 72.7 Å². The fraction of sp³-hybridized carbons (Fsp3) is 0.200. The third-order valence-corrected chi connectivity index (χ3v) is 5.73. The smallest absolute Gasteiger partial charge is 0.354 e. The highest BCUT2D eigenvalue weighted by Gasteiger charge is 2.23. The number of rotatable bonds is 6. The number of benzene rings is 2. The molecular weight excluding hydrogens is 398 g/mol. The van der Waals surface area contributed by atoms with E-state index in [1.54, 1.807) is 6.07 Å². The van der Waals surface area contributed by atoms with Gasteiger partial charge in [-0.2, -0.15) is 0 Å². The highest BCUT2D eigenvalue weighted by molar-refractivity contribution is 6.31. The summed E-state index contributed by atoms with van der Waals surface area (Å²) in [7, 11) is 0. The molecule has 0 saturated heterocycles. The number of aryl methyl sites for hydroxylation is 1. The first-order valence-electron chi connectivity index (χ1n) is 9.93. The SMILES string of the molecule is Cc1cc(OCc2ccccc2)c(C2=C(c3cccc(C(=O)O)n3)CCC2)cc1Cl. The summed E-state index contributed by atoms with van der Waals surface area (Å²) in [6, 6.07) is 19.1. The summed E-state index contributed by atoms with van der Waals surface area (Å²) < 4.78 is 6.21. The van der Waals surface area contributed by atoms with Crippen molar-refractivity contribution >= 4 is 28.7 Å². The molecule has 0 aliphatic heterocycles. The van der Waals surface area contributed by atoms with Gasteiger partial charge in [0.2, 0.25) is 0 Å². The highest BCUT2D eigenvalue weighted by Crippen LogP contribution is 2.44. The van der Waals surface area contributed by atoms with Crippen LogP contribution in [0.3, 0.4) is 0 Å². The Morgan fingerprint density at radius 3 is 2.60 bits per heavy atom. The van der Waals surface area contributed by atoms with Crippen molar-refractivity contribution in [3.8, 4) is 5.75 Å². The minimum absolute atomic E-state index is 0.0498. The predicted octanol–water partition coefficient (Wildman–Crippen LogP) is 6.42. The molecule has 0 unspecified atom stereocenters. The number of carboxylic acid groups (broad SMARTS) is 1. The van der Waals surface area contributed by atoms with Gasteiger partial charge in [-0.3, -0.25) is 0 Å². The summed E-state index contributed by atoms with van der Waals surface area (Å²) in [4.78, 5) is 15.7.